The molecule has 0 bridgehead atoms. The Morgan fingerprint density at radius 2 is 2.07 bits per heavy atom. The second-order valence-electron chi connectivity index (χ2n) is 8.42. The molecule has 0 spiro atoms. The summed E-state index contributed by atoms with van der Waals surface area (Å²) in [7, 11) is 0. The third kappa shape index (κ3) is 5.43. The van der Waals surface area contributed by atoms with Gasteiger partial charge in [-0.2, -0.15) is 0 Å². The van der Waals surface area contributed by atoms with Gasteiger partial charge >= 0.3 is 0 Å². The van der Waals surface area contributed by atoms with Gasteiger partial charge in [0, 0.05) is 24.1 Å². The number of benzene rings is 1. The van der Waals surface area contributed by atoms with Crippen molar-refractivity contribution in [1.82, 2.24) is 19.8 Å². The molecule has 1 fully saturated rings. The Labute approximate surface area is 182 Å². The van der Waals surface area contributed by atoms with Crippen molar-refractivity contribution in [2.45, 2.75) is 64.6 Å². The van der Waals surface area contributed by atoms with Crippen LogP contribution in [-0.4, -0.2) is 51.1 Å². The highest BCUT2D eigenvalue weighted by Gasteiger charge is 2.37. The SMILES string of the molecule is CCC(C)(C)NC(=O)[C@@H](c1ccc(C)cc1)N(C[C@H]1CCCO1)C(=O)c1csnn1. The molecule has 0 saturated carbocycles. The van der Waals surface area contributed by atoms with Crippen molar-refractivity contribution < 1.29 is 14.3 Å². The van der Waals surface area contributed by atoms with Gasteiger partial charge in [-0.25, -0.2) is 0 Å². The highest BCUT2D eigenvalue weighted by Crippen LogP contribution is 2.27. The van der Waals surface area contributed by atoms with Crippen LogP contribution in [0.1, 0.15) is 67.7 Å². The summed E-state index contributed by atoms with van der Waals surface area (Å²) < 4.78 is 9.63. The van der Waals surface area contributed by atoms with E-state index in [9.17, 15) is 9.59 Å². The number of carbonyl (C=O) groups is 2. The average Bonchev–Trinajstić information content (AvgIpc) is 3.42. The van der Waals surface area contributed by atoms with Crippen LogP contribution in [0, 0.1) is 6.92 Å². The van der Waals surface area contributed by atoms with Crippen LogP contribution in [0.5, 0.6) is 0 Å². The van der Waals surface area contributed by atoms with E-state index < -0.39 is 6.04 Å². The predicted molar refractivity (Wildman–Crippen MR) is 116 cm³/mol. The maximum absolute atomic E-state index is 13.5. The summed E-state index contributed by atoms with van der Waals surface area (Å²) in [5.41, 5.74) is 1.71. The van der Waals surface area contributed by atoms with E-state index in [-0.39, 0.29) is 29.2 Å². The molecule has 1 aliphatic rings. The molecule has 1 aliphatic heterocycles. The number of hydrogen-bond acceptors (Lipinski definition) is 6. The normalized spacial score (nSPS) is 17.5. The van der Waals surface area contributed by atoms with E-state index in [1.807, 2.05) is 52.0 Å². The first kappa shape index (κ1) is 22.4. The van der Waals surface area contributed by atoms with Crippen LogP contribution in [0.2, 0.25) is 0 Å². The molecule has 2 atom stereocenters. The van der Waals surface area contributed by atoms with Gasteiger partial charge in [0.05, 0.1) is 6.10 Å². The van der Waals surface area contributed by atoms with Crippen LogP contribution in [0.4, 0.5) is 0 Å². The number of carbonyl (C=O) groups excluding carboxylic acids is 2. The number of ether oxygens (including phenoxy) is 1. The lowest BCUT2D eigenvalue weighted by Gasteiger charge is -2.35. The molecule has 1 saturated heterocycles. The Morgan fingerprint density at radius 3 is 2.63 bits per heavy atom. The van der Waals surface area contributed by atoms with Gasteiger partial charge in [0.15, 0.2) is 5.69 Å². The van der Waals surface area contributed by atoms with Gasteiger partial charge in [-0.15, -0.1) is 5.10 Å². The molecule has 8 heteroatoms. The minimum absolute atomic E-state index is 0.0968. The Morgan fingerprint density at radius 1 is 1.33 bits per heavy atom. The van der Waals surface area contributed by atoms with E-state index in [1.54, 1.807) is 10.3 Å². The molecule has 1 aromatic carbocycles. The quantitative estimate of drug-likeness (QED) is 0.693. The van der Waals surface area contributed by atoms with Crippen LogP contribution in [0.15, 0.2) is 29.6 Å². The molecule has 30 heavy (non-hydrogen) atoms. The van der Waals surface area contributed by atoms with Crippen LogP contribution >= 0.6 is 11.5 Å². The maximum Gasteiger partial charge on any atom is 0.276 e. The zero-order valence-electron chi connectivity index (χ0n) is 18.1. The first-order valence-corrected chi connectivity index (χ1v) is 11.2. The zero-order valence-corrected chi connectivity index (χ0v) is 18.9. The molecule has 2 aromatic rings. The van der Waals surface area contributed by atoms with E-state index in [1.165, 1.54) is 0 Å². The summed E-state index contributed by atoms with van der Waals surface area (Å²) in [6.45, 7) is 8.98. The molecular formula is C22H30N4O3S. The smallest absolute Gasteiger partial charge is 0.276 e. The molecule has 0 aliphatic carbocycles. The fourth-order valence-corrected chi connectivity index (χ4v) is 3.86. The summed E-state index contributed by atoms with van der Waals surface area (Å²) in [6.07, 6.45) is 2.49. The topological polar surface area (TPSA) is 84.4 Å². The third-order valence-corrected chi connectivity index (χ3v) is 6.07. The first-order chi connectivity index (χ1) is 14.3. The molecule has 0 radical (unpaired) electrons. The fourth-order valence-electron chi connectivity index (χ4n) is 3.43. The number of hydrogen-bond donors (Lipinski definition) is 1. The molecule has 1 N–H and O–H groups in total. The summed E-state index contributed by atoms with van der Waals surface area (Å²) in [5, 5.41) is 8.69. The molecule has 0 unspecified atom stereocenters. The van der Waals surface area contributed by atoms with Gasteiger partial charge in [0.25, 0.3) is 5.91 Å². The monoisotopic (exact) mass is 430 g/mol. The molecule has 162 valence electrons. The Kier molecular flexibility index (Phi) is 7.20. The molecule has 2 heterocycles. The van der Waals surface area contributed by atoms with Crippen LogP contribution in [0.25, 0.3) is 0 Å². The second kappa shape index (κ2) is 9.66. The minimum atomic E-state index is -0.783. The largest absolute Gasteiger partial charge is 0.376 e. The number of aryl methyl sites for hydroxylation is 1. The molecule has 2 amide bonds. The first-order valence-electron chi connectivity index (χ1n) is 10.4. The number of aromatic nitrogens is 2. The second-order valence-corrected chi connectivity index (χ2v) is 9.03. The maximum atomic E-state index is 13.5. The van der Waals surface area contributed by atoms with Gasteiger partial charge in [-0.1, -0.05) is 41.2 Å². The van der Waals surface area contributed by atoms with Crippen molar-refractivity contribution in [1.29, 1.82) is 0 Å². The van der Waals surface area contributed by atoms with Crippen LogP contribution in [-0.2, 0) is 9.53 Å². The van der Waals surface area contributed by atoms with Crippen molar-refractivity contribution >= 4 is 23.3 Å². The van der Waals surface area contributed by atoms with Crippen LogP contribution < -0.4 is 5.32 Å². The Balaban J connectivity index is 2.00. The standard InChI is InChI=1S/C22H30N4O3S/c1-5-22(3,4)23-20(27)19(16-10-8-15(2)9-11-16)26(13-17-7-6-12-29-17)21(28)18-14-30-25-24-18/h8-11,14,17,19H,5-7,12-13H2,1-4H3,(H,23,27)/t17-,19-/m1/s1. The van der Waals surface area contributed by atoms with Gasteiger partial charge in [0.1, 0.15) is 6.04 Å². The summed E-state index contributed by atoms with van der Waals surface area (Å²) >= 11 is 1.12. The summed E-state index contributed by atoms with van der Waals surface area (Å²) in [4.78, 5) is 28.5. The number of nitrogens with one attached hydrogen (secondary N) is 1. The third-order valence-electron chi connectivity index (χ3n) is 5.56. The lowest BCUT2D eigenvalue weighted by molar-refractivity contribution is -0.128. The number of nitrogens with zero attached hydrogens (tertiary/aromatic N) is 3. The Bertz CT molecular complexity index is 846. The molecular weight excluding hydrogens is 400 g/mol. The lowest BCUT2D eigenvalue weighted by atomic mass is 9.97. The summed E-state index contributed by atoms with van der Waals surface area (Å²) in [6, 6.07) is 6.95. The minimum Gasteiger partial charge on any atom is -0.376 e. The number of amides is 2. The van der Waals surface area contributed by atoms with Crippen molar-refractivity contribution in [2.24, 2.45) is 0 Å². The van der Waals surface area contributed by atoms with E-state index in [4.69, 9.17) is 4.74 Å². The van der Waals surface area contributed by atoms with Crippen molar-refractivity contribution in [3.63, 3.8) is 0 Å². The van der Waals surface area contributed by atoms with E-state index in [0.717, 1.165) is 41.9 Å². The number of rotatable bonds is 8. The predicted octanol–water partition coefficient (Wildman–Crippen LogP) is 3.51. The van der Waals surface area contributed by atoms with E-state index in [2.05, 4.69) is 14.9 Å². The highest BCUT2D eigenvalue weighted by molar-refractivity contribution is 7.03. The van der Waals surface area contributed by atoms with Gasteiger partial charge in [0.2, 0.25) is 5.91 Å². The van der Waals surface area contributed by atoms with Gasteiger partial charge in [-0.3, -0.25) is 9.59 Å². The van der Waals surface area contributed by atoms with Gasteiger partial charge < -0.3 is 15.0 Å². The van der Waals surface area contributed by atoms with Crippen molar-refractivity contribution in [3.05, 3.63) is 46.5 Å². The molecule has 3 rings (SSSR count). The fraction of sp³-hybridized carbons (Fsp3) is 0.545. The summed E-state index contributed by atoms with van der Waals surface area (Å²) in [5.74, 6) is -0.519. The molecule has 1 aromatic heterocycles. The van der Waals surface area contributed by atoms with Crippen molar-refractivity contribution in [2.75, 3.05) is 13.2 Å². The van der Waals surface area contributed by atoms with E-state index in [0.29, 0.717) is 13.2 Å². The average molecular weight is 431 g/mol. The van der Waals surface area contributed by atoms with Gasteiger partial charge in [-0.05, 0) is 57.1 Å². The van der Waals surface area contributed by atoms with Crippen LogP contribution in [0.3, 0.4) is 0 Å². The zero-order chi connectivity index (χ0) is 21.7. The molecule has 7 nitrogen and oxygen atoms in total. The lowest BCUT2D eigenvalue weighted by Crippen LogP contribution is -2.51. The Hall–Kier alpha value is -2.32. The van der Waals surface area contributed by atoms with E-state index >= 15 is 0 Å². The van der Waals surface area contributed by atoms with Crippen molar-refractivity contribution in [3.8, 4) is 0 Å². The highest BCUT2D eigenvalue weighted by atomic mass is 32.1.